The molecule has 2 rings (SSSR count). The number of nitrogens with one attached hydrogen (secondary N) is 2. The summed E-state index contributed by atoms with van der Waals surface area (Å²) in [7, 11) is 0. The van der Waals surface area contributed by atoms with Gasteiger partial charge in [0.15, 0.2) is 12.6 Å². The number of aliphatic hydroxyl groups excluding tert-OH is 6. The van der Waals surface area contributed by atoms with E-state index in [1.165, 1.54) is 20.8 Å². The number of hydrogen-bond donors (Lipinski definition) is 8. The van der Waals surface area contributed by atoms with Crippen molar-refractivity contribution in [2.45, 2.75) is 108 Å². The molecule has 3 amide bonds. The van der Waals surface area contributed by atoms with Gasteiger partial charge in [0.05, 0.1) is 25.4 Å². The number of hydrogen-bond acceptors (Lipinski definition) is 14. The zero-order chi connectivity index (χ0) is 33.0. The van der Waals surface area contributed by atoms with Crippen LogP contribution >= 0.6 is 0 Å². The van der Waals surface area contributed by atoms with Gasteiger partial charge in [-0.05, 0) is 33.6 Å². The molecule has 2 heterocycles. The first-order valence-electron chi connectivity index (χ1n) is 14.7. The molecule has 8 N–H and O–H groups in total. The molecule has 0 aromatic rings. The van der Waals surface area contributed by atoms with Crippen LogP contribution in [0.15, 0.2) is 0 Å². The van der Waals surface area contributed by atoms with Crippen molar-refractivity contribution >= 4 is 23.5 Å². The molecule has 254 valence electrons. The van der Waals surface area contributed by atoms with Crippen molar-refractivity contribution in [1.29, 1.82) is 0 Å². The lowest BCUT2D eigenvalue weighted by Gasteiger charge is -2.38. The van der Waals surface area contributed by atoms with Crippen molar-refractivity contribution < 1.29 is 68.8 Å². The zero-order valence-electron chi connectivity index (χ0n) is 25.2. The van der Waals surface area contributed by atoms with Gasteiger partial charge in [0.1, 0.15) is 55.5 Å². The van der Waals surface area contributed by atoms with E-state index in [9.17, 15) is 49.8 Å². The Morgan fingerprint density at radius 3 is 1.48 bits per heavy atom. The third-order valence-corrected chi connectivity index (χ3v) is 7.22. The molecule has 2 fully saturated rings. The van der Waals surface area contributed by atoms with Crippen LogP contribution < -0.4 is 10.6 Å². The summed E-state index contributed by atoms with van der Waals surface area (Å²) >= 11 is 0. The van der Waals surface area contributed by atoms with E-state index >= 15 is 0 Å². The van der Waals surface area contributed by atoms with E-state index in [0.717, 1.165) is 4.90 Å². The fraction of sp³-hybridized carbons (Fsp3) is 0.852. The van der Waals surface area contributed by atoms with Crippen LogP contribution in [-0.2, 0) is 38.1 Å². The number of carbonyl (C=O) groups is 4. The van der Waals surface area contributed by atoms with Gasteiger partial charge in [0, 0.05) is 25.9 Å². The van der Waals surface area contributed by atoms with Crippen LogP contribution in [0.25, 0.3) is 0 Å². The Balaban J connectivity index is 1.81. The van der Waals surface area contributed by atoms with E-state index in [2.05, 4.69) is 10.6 Å². The number of amides is 3. The van der Waals surface area contributed by atoms with Gasteiger partial charge in [-0.15, -0.1) is 0 Å². The van der Waals surface area contributed by atoms with Gasteiger partial charge in [0.25, 0.3) is 0 Å². The Labute approximate surface area is 255 Å². The molecule has 0 aromatic carbocycles. The quantitative estimate of drug-likeness (QED) is 0.0706. The van der Waals surface area contributed by atoms with Crippen LogP contribution in [0.1, 0.15) is 46.5 Å². The second kappa shape index (κ2) is 18.6. The summed E-state index contributed by atoms with van der Waals surface area (Å²) in [6.45, 7) is 3.16. The van der Waals surface area contributed by atoms with Crippen LogP contribution in [0.5, 0.6) is 0 Å². The lowest BCUT2D eigenvalue weighted by Crippen LogP contribution is -2.57. The van der Waals surface area contributed by atoms with Crippen molar-refractivity contribution in [2.24, 2.45) is 0 Å². The second-order valence-corrected chi connectivity index (χ2v) is 11.0. The van der Waals surface area contributed by atoms with Crippen molar-refractivity contribution in [3.8, 4) is 0 Å². The van der Waals surface area contributed by atoms with Crippen molar-refractivity contribution in [3.63, 3.8) is 0 Å². The number of unbranched alkanes of at least 4 members (excludes halogenated alkanes) is 1. The molecule has 0 unspecified atom stereocenters. The Morgan fingerprint density at radius 1 is 0.659 bits per heavy atom. The first-order chi connectivity index (χ1) is 20.7. The summed E-state index contributed by atoms with van der Waals surface area (Å²) in [6.07, 6.45) is -11.4. The normalized spacial score (nSPS) is 32.1. The lowest BCUT2D eigenvalue weighted by molar-refractivity contribution is -0.292. The molecule has 0 bridgehead atoms. The van der Waals surface area contributed by atoms with Gasteiger partial charge >= 0.3 is 0 Å². The predicted molar refractivity (Wildman–Crippen MR) is 148 cm³/mol. The van der Waals surface area contributed by atoms with Gasteiger partial charge in [-0.1, -0.05) is 0 Å². The first kappa shape index (κ1) is 37.9. The molecule has 10 atom stereocenters. The molecule has 0 aromatic heterocycles. The van der Waals surface area contributed by atoms with E-state index in [1.54, 1.807) is 0 Å². The number of nitrogens with zero attached hydrogens (tertiary/aromatic N) is 1. The molecular formula is C27H47N3O14. The van der Waals surface area contributed by atoms with Crippen molar-refractivity contribution in [2.75, 3.05) is 39.4 Å². The Hall–Kier alpha value is -2.32. The summed E-state index contributed by atoms with van der Waals surface area (Å²) in [5, 5.41) is 64.3. The summed E-state index contributed by atoms with van der Waals surface area (Å²) in [5.74, 6) is -1.70. The standard InChI is InChI=1S/C27H47N3O14/c1-14(31)6-4-5-7-19(34)30(12-17(32)28-8-10-41-26-24(39)22(37)20(35)15(2)43-26)13-18(33)29-9-11-42-27-25(40)23(38)21(36)16(3)44-27/h15-16,20-27,35-40H,4-13H2,1-3H3,(H,28,32)(H,29,33)/t15-,16-,20+,21+,22+,23+,24-,25-,26+,27+/m0/s1. The van der Waals surface area contributed by atoms with Gasteiger partial charge in [-0.2, -0.15) is 0 Å². The Bertz CT molecular complexity index is 885. The Kier molecular flexibility index (Phi) is 16.0. The lowest BCUT2D eigenvalue weighted by atomic mass is 10.0. The molecule has 0 radical (unpaired) electrons. The highest BCUT2D eigenvalue weighted by Gasteiger charge is 2.43. The zero-order valence-corrected chi connectivity index (χ0v) is 25.2. The number of aliphatic hydroxyl groups is 6. The topological polar surface area (TPSA) is 254 Å². The van der Waals surface area contributed by atoms with Gasteiger partial charge in [0.2, 0.25) is 17.7 Å². The maximum Gasteiger partial charge on any atom is 0.239 e. The largest absolute Gasteiger partial charge is 0.388 e. The van der Waals surface area contributed by atoms with Crippen LogP contribution in [0.4, 0.5) is 0 Å². The molecule has 0 spiro atoms. The molecule has 2 aliphatic rings. The summed E-state index contributed by atoms with van der Waals surface area (Å²) in [4.78, 5) is 50.2. The Morgan fingerprint density at radius 2 is 1.07 bits per heavy atom. The number of ketones is 1. The minimum absolute atomic E-state index is 0.00655. The van der Waals surface area contributed by atoms with Gasteiger partial charge in [-0.3, -0.25) is 14.4 Å². The monoisotopic (exact) mass is 637 g/mol. The maximum absolute atomic E-state index is 12.8. The van der Waals surface area contributed by atoms with Crippen LogP contribution in [0.2, 0.25) is 0 Å². The van der Waals surface area contributed by atoms with Crippen LogP contribution in [-0.4, -0.2) is 160 Å². The minimum atomic E-state index is -1.50. The highest BCUT2D eigenvalue weighted by molar-refractivity contribution is 5.89. The second-order valence-electron chi connectivity index (χ2n) is 11.0. The third-order valence-electron chi connectivity index (χ3n) is 7.22. The maximum atomic E-state index is 12.8. The smallest absolute Gasteiger partial charge is 0.239 e. The average Bonchev–Trinajstić information content (AvgIpc) is 2.97. The summed E-state index contributed by atoms with van der Waals surface area (Å²) < 4.78 is 21.4. The van der Waals surface area contributed by atoms with Gasteiger partial charge in [-0.25, -0.2) is 0 Å². The highest BCUT2D eigenvalue weighted by atomic mass is 16.7. The van der Waals surface area contributed by atoms with Gasteiger partial charge < -0.3 is 69.9 Å². The van der Waals surface area contributed by atoms with E-state index < -0.39 is 92.2 Å². The number of Topliss-reactive ketones (excluding diaryl/α,β-unsaturated/α-hetero) is 1. The summed E-state index contributed by atoms with van der Waals surface area (Å²) in [6, 6.07) is 0. The van der Waals surface area contributed by atoms with E-state index in [0.29, 0.717) is 19.3 Å². The third kappa shape index (κ3) is 11.9. The minimum Gasteiger partial charge on any atom is -0.388 e. The molecule has 17 heteroatoms. The number of ether oxygens (including phenoxy) is 4. The SMILES string of the molecule is CC(=O)CCCCC(=O)N(CC(=O)NCCO[C@@H]1O[C@@H](C)[C@@H](O)[C@@H](O)[C@@H]1O)CC(=O)NCCO[C@@H]1O[C@@H](C)[C@@H](O)[C@@H](O)[C@@H]1O. The highest BCUT2D eigenvalue weighted by Crippen LogP contribution is 2.22. The molecule has 0 saturated carbocycles. The van der Waals surface area contributed by atoms with E-state index in [1.807, 2.05) is 0 Å². The molecule has 17 nitrogen and oxygen atoms in total. The van der Waals surface area contributed by atoms with Crippen LogP contribution in [0, 0.1) is 0 Å². The molecular weight excluding hydrogens is 590 g/mol. The first-order valence-corrected chi connectivity index (χ1v) is 14.7. The van der Waals surface area contributed by atoms with E-state index in [-0.39, 0.29) is 38.5 Å². The van der Waals surface area contributed by atoms with Crippen LogP contribution in [0.3, 0.4) is 0 Å². The number of carbonyl (C=O) groups excluding carboxylic acids is 4. The molecule has 2 saturated heterocycles. The van der Waals surface area contributed by atoms with Crippen molar-refractivity contribution in [3.05, 3.63) is 0 Å². The molecule has 0 aliphatic carbocycles. The summed E-state index contributed by atoms with van der Waals surface area (Å²) in [5.41, 5.74) is 0. The van der Waals surface area contributed by atoms with Crippen molar-refractivity contribution in [1.82, 2.24) is 15.5 Å². The fourth-order valence-corrected chi connectivity index (χ4v) is 4.53. The fourth-order valence-electron chi connectivity index (χ4n) is 4.53. The number of rotatable bonds is 17. The predicted octanol–water partition coefficient (Wildman–Crippen LogP) is -4.11. The molecule has 2 aliphatic heterocycles. The molecule has 44 heavy (non-hydrogen) atoms. The van der Waals surface area contributed by atoms with E-state index in [4.69, 9.17) is 18.9 Å². The average molecular weight is 638 g/mol.